The van der Waals surface area contributed by atoms with Crippen LogP contribution in [0.15, 0.2) is 48.5 Å². The van der Waals surface area contributed by atoms with E-state index in [-0.39, 0.29) is 0 Å². The number of rotatable bonds is 4. The molecule has 3 heteroatoms. The molecule has 0 aromatic heterocycles. The van der Waals surface area contributed by atoms with E-state index in [9.17, 15) is 0 Å². The van der Waals surface area contributed by atoms with Crippen molar-refractivity contribution in [2.45, 2.75) is 19.3 Å². The van der Waals surface area contributed by atoms with Crippen molar-refractivity contribution >= 4 is 5.69 Å². The Balaban J connectivity index is 1.74. The summed E-state index contributed by atoms with van der Waals surface area (Å²) < 4.78 is 10.9. The normalized spacial score (nSPS) is 16.0. The molecule has 1 saturated heterocycles. The summed E-state index contributed by atoms with van der Waals surface area (Å²) in [5.74, 6) is 3.40. The summed E-state index contributed by atoms with van der Waals surface area (Å²) in [6.45, 7) is 2.08. The van der Waals surface area contributed by atoms with E-state index in [2.05, 4.69) is 35.2 Å². The second-order valence-electron chi connectivity index (χ2n) is 5.85. The Kier molecular flexibility index (Phi) is 5.06. The smallest absolute Gasteiger partial charge is 0.142 e. The van der Waals surface area contributed by atoms with Crippen molar-refractivity contribution in [1.82, 2.24) is 0 Å². The highest BCUT2D eigenvalue weighted by Crippen LogP contribution is 2.34. The molecule has 3 rings (SSSR count). The number of anilines is 1. The predicted molar refractivity (Wildman–Crippen MR) is 94.4 cm³/mol. The van der Waals surface area contributed by atoms with Gasteiger partial charge >= 0.3 is 0 Å². The minimum atomic E-state index is 0.931. The Morgan fingerprint density at radius 2 is 1.74 bits per heavy atom. The second-order valence-corrected chi connectivity index (χ2v) is 5.85. The molecule has 2 aromatic carbocycles. The van der Waals surface area contributed by atoms with E-state index < -0.39 is 0 Å². The van der Waals surface area contributed by atoms with Crippen molar-refractivity contribution in [1.29, 1.82) is 0 Å². The molecule has 0 N–H and O–H groups in total. The first-order valence-electron chi connectivity index (χ1n) is 8.19. The zero-order valence-corrected chi connectivity index (χ0v) is 13.9. The molecule has 0 spiro atoms. The number of hydrogen-bond acceptors (Lipinski definition) is 3. The monoisotopic (exact) mass is 310 g/mol. The van der Waals surface area contributed by atoms with E-state index in [0.717, 1.165) is 43.9 Å². The van der Waals surface area contributed by atoms with Gasteiger partial charge in [-0.05, 0) is 49.1 Å². The van der Waals surface area contributed by atoms with Crippen LogP contribution in [0, 0.1) is 5.92 Å². The number of nitrogens with zero attached hydrogens (tertiary/aromatic N) is 1. The van der Waals surface area contributed by atoms with Crippen LogP contribution in [-0.4, -0.2) is 27.3 Å². The summed E-state index contributed by atoms with van der Waals surface area (Å²) >= 11 is 0. The Hall–Kier alpha value is -2.16. The van der Waals surface area contributed by atoms with Gasteiger partial charge in [0.25, 0.3) is 0 Å². The SMILES string of the molecule is COc1cccc([C]2CCCN(c3ccccc3OC)CC2)c1. The number of para-hydroxylation sites is 2. The molecule has 0 bridgehead atoms. The zero-order valence-electron chi connectivity index (χ0n) is 13.9. The van der Waals surface area contributed by atoms with Crippen LogP contribution >= 0.6 is 0 Å². The lowest BCUT2D eigenvalue weighted by Gasteiger charge is -2.24. The summed E-state index contributed by atoms with van der Waals surface area (Å²) in [4.78, 5) is 2.44. The maximum atomic E-state index is 5.52. The fourth-order valence-corrected chi connectivity index (χ4v) is 3.25. The molecule has 3 nitrogen and oxygen atoms in total. The van der Waals surface area contributed by atoms with Gasteiger partial charge in [-0.1, -0.05) is 24.3 Å². The fourth-order valence-electron chi connectivity index (χ4n) is 3.25. The molecule has 23 heavy (non-hydrogen) atoms. The molecule has 0 unspecified atom stereocenters. The number of hydrogen-bond donors (Lipinski definition) is 0. The summed E-state index contributed by atoms with van der Waals surface area (Å²) in [6.07, 6.45) is 3.37. The molecule has 1 heterocycles. The number of benzene rings is 2. The van der Waals surface area contributed by atoms with Crippen molar-refractivity contribution in [3.63, 3.8) is 0 Å². The van der Waals surface area contributed by atoms with Crippen LogP contribution in [0.2, 0.25) is 0 Å². The van der Waals surface area contributed by atoms with Gasteiger partial charge in [0, 0.05) is 19.0 Å². The molecule has 0 saturated carbocycles. The Bertz CT molecular complexity index is 641. The second kappa shape index (κ2) is 7.40. The summed E-state index contributed by atoms with van der Waals surface area (Å²) in [5.41, 5.74) is 2.51. The van der Waals surface area contributed by atoms with E-state index in [0.29, 0.717) is 0 Å². The summed E-state index contributed by atoms with van der Waals surface area (Å²) in [5, 5.41) is 0. The van der Waals surface area contributed by atoms with Crippen LogP contribution in [0.3, 0.4) is 0 Å². The van der Waals surface area contributed by atoms with Crippen LogP contribution < -0.4 is 14.4 Å². The highest BCUT2D eigenvalue weighted by atomic mass is 16.5. The van der Waals surface area contributed by atoms with Gasteiger partial charge < -0.3 is 14.4 Å². The molecule has 1 radical (unpaired) electrons. The van der Waals surface area contributed by atoms with E-state index >= 15 is 0 Å². The predicted octanol–water partition coefficient (Wildman–Crippen LogP) is 4.32. The first-order chi connectivity index (χ1) is 11.3. The van der Waals surface area contributed by atoms with Crippen LogP contribution in [-0.2, 0) is 0 Å². The van der Waals surface area contributed by atoms with E-state index in [1.54, 1.807) is 14.2 Å². The third-order valence-electron chi connectivity index (χ3n) is 4.49. The van der Waals surface area contributed by atoms with Gasteiger partial charge in [0.15, 0.2) is 0 Å². The average Bonchev–Trinajstić information content (AvgIpc) is 2.88. The van der Waals surface area contributed by atoms with Crippen molar-refractivity contribution in [3.05, 3.63) is 60.0 Å². The molecule has 121 valence electrons. The lowest BCUT2D eigenvalue weighted by Crippen LogP contribution is -2.24. The van der Waals surface area contributed by atoms with Crippen molar-refractivity contribution < 1.29 is 9.47 Å². The highest BCUT2D eigenvalue weighted by molar-refractivity contribution is 5.58. The molecule has 0 aliphatic carbocycles. The zero-order chi connectivity index (χ0) is 16.1. The van der Waals surface area contributed by atoms with Gasteiger partial charge in [-0.3, -0.25) is 0 Å². The molecule has 0 amide bonds. The third kappa shape index (κ3) is 3.61. The van der Waals surface area contributed by atoms with Crippen LogP contribution in [0.25, 0.3) is 0 Å². The van der Waals surface area contributed by atoms with Gasteiger partial charge in [0.2, 0.25) is 0 Å². The van der Waals surface area contributed by atoms with Crippen molar-refractivity contribution in [2.75, 3.05) is 32.2 Å². The molecule has 1 aliphatic rings. The largest absolute Gasteiger partial charge is 0.497 e. The topological polar surface area (TPSA) is 21.7 Å². The lowest BCUT2D eigenvalue weighted by atomic mass is 9.92. The van der Waals surface area contributed by atoms with Gasteiger partial charge in [0.1, 0.15) is 11.5 Å². The number of methoxy groups -OCH3 is 2. The van der Waals surface area contributed by atoms with Crippen LogP contribution in [0.5, 0.6) is 11.5 Å². The molecule has 2 aromatic rings. The minimum absolute atomic E-state index is 0.931. The van der Waals surface area contributed by atoms with Crippen molar-refractivity contribution in [3.8, 4) is 11.5 Å². The molecule has 0 atom stereocenters. The highest BCUT2D eigenvalue weighted by Gasteiger charge is 2.21. The van der Waals surface area contributed by atoms with Gasteiger partial charge in [-0.15, -0.1) is 0 Å². The lowest BCUT2D eigenvalue weighted by molar-refractivity contribution is 0.414. The van der Waals surface area contributed by atoms with Crippen LogP contribution in [0.4, 0.5) is 5.69 Å². The minimum Gasteiger partial charge on any atom is -0.497 e. The van der Waals surface area contributed by atoms with Gasteiger partial charge in [0.05, 0.1) is 19.9 Å². The van der Waals surface area contributed by atoms with E-state index in [1.807, 2.05) is 18.2 Å². The van der Waals surface area contributed by atoms with E-state index in [1.165, 1.54) is 17.2 Å². The van der Waals surface area contributed by atoms with Gasteiger partial charge in [-0.2, -0.15) is 0 Å². The Labute approximate surface area is 138 Å². The first kappa shape index (κ1) is 15.7. The van der Waals surface area contributed by atoms with E-state index in [4.69, 9.17) is 9.47 Å². The molecular weight excluding hydrogens is 286 g/mol. The van der Waals surface area contributed by atoms with Crippen LogP contribution in [0.1, 0.15) is 24.8 Å². The standard InChI is InChI=1S/C20H24NO2/c1-22-18-9-5-7-17(15-18)16-8-6-13-21(14-12-16)19-10-3-4-11-20(19)23-2/h3-5,7,9-11,15H,6,8,12-14H2,1-2H3. The molecular formula is C20H24NO2. The quantitative estimate of drug-likeness (QED) is 0.839. The fraction of sp³-hybridized carbons (Fsp3) is 0.350. The Morgan fingerprint density at radius 3 is 2.57 bits per heavy atom. The molecule has 1 aliphatic heterocycles. The maximum Gasteiger partial charge on any atom is 0.142 e. The average molecular weight is 310 g/mol. The van der Waals surface area contributed by atoms with Gasteiger partial charge in [-0.25, -0.2) is 0 Å². The van der Waals surface area contributed by atoms with Crippen molar-refractivity contribution in [2.24, 2.45) is 0 Å². The maximum absolute atomic E-state index is 5.52. The Morgan fingerprint density at radius 1 is 0.870 bits per heavy atom. The first-order valence-corrected chi connectivity index (χ1v) is 8.19. The summed E-state index contributed by atoms with van der Waals surface area (Å²) in [7, 11) is 3.46. The molecule has 1 fully saturated rings. The number of ether oxygens (including phenoxy) is 2. The third-order valence-corrected chi connectivity index (χ3v) is 4.49. The summed E-state index contributed by atoms with van der Waals surface area (Å²) in [6, 6.07) is 16.7.